The fourth-order valence-electron chi connectivity index (χ4n) is 1.95. The molecule has 1 aromatic carbocycles. The molecule has 0 bridgehead atoms. The number of aromatic nitrogens is 1. The van der Waals surface area contributed by atoms with Crippen molar-refractivity contribution in [2.75, 3.05) is 13.2 Å². The van der Waals surface area contributed by atoms with Gasteiger partial charge in [0.15, 0.2) is 0 Å². The second kappa shape index (κ2) is 7.31. The van der Waals surface area contributed by atoms with Crippen LogP contribution >= 0.6 is 0 Å². The maximum Gasteiger partial charge on any atom is 0.411 e. The van der Waals surface area contributed by atoms with Crippen LogP contribution in [0.4, 0.5) is 17.6 Å². The monoisotopic (exact) mass is 380 g/mol. The van der Waals surface area contributed by atoms with Gasteiger partial charge in [-0.3, -0.25) is 9.78 Å². The van der Waals surface area contributed by atoms with Gasteiger partial charge in [-0.15, -0.1) is 0 Å². The van der Waals surface area contributed by atoms with Crippen LogP contribution in [0.1, 0.15) is 6.42 Å². The summed E-state index contributed by atoms with van der Waals surface area (Å²) in [5, 5.41) is -0.0314. The average Bonchev–Trinajstić information content (AvgIpc) is 2.50. The molecular weight excluding hydrogens is 368 g/mol. The molecule has 1 heterocycles. The van der Waals surface area contributed by atoms with E-state index in [1.165, 1.54) is 18.3 Å². The topological polar surface area (TPSA) is 85.4 Å². The van der Waals surface area contributed by atoms with Crippen LogP contribution in [-0.4, -0.2) is 38.7 Å². The first-order chi connectivity index (χ1) is 11.6. The summed E-state index contributed by atoms with van der Waals surface area (Å²) in [6, 6.07) is 4.57. The number of pyridine rings is 1. The minimum absolute atomic E-state index is 0.0314. The summed E-state index contributed by atoms with van der Waals surface area (Å²) in [7, 11) is -4.35. The van der Waals surface area contributed by atoms with Gasteiger partial charge in [0.25, 0.3) is 10.0 Å². The first kappa shape index (κ1) is 19.1. The minimum Gasteiger partial charge on any atom is -0.372 e. The fraction of sp³-hybridized carbons (Fsp3) is 0.286. The largest absolute Gasteiger partial charge is 0.411 e. The Morgan fingerprint density at radius 1 is 1.24 bits per heavy atom. The van der Waals surface area contributed by atoms with E-state index < -0.39 is 47.6 Å². The number of hydrogen-bond donors (Lipinski definition) is 1. The molecule has 0 fully saturated rings. The van der Waals surface area contributed by atoms with Crippen LogP contribution in [0.2, 0.25) is 0 Å². The van der Waals surface area contributed by atoms with Gasteiger partial charge in [-0.05, 0) is 24.3 Å². The highest BCUT2D eigenvalue weighted by Gasteiger charge is 2.27. The summed E-state index contributed by atoms with van der Waals surface area (Å²) in [6.45, 7) is -2.14. The molecule has 0 atom stereocenters. The van der Waals surface area contributed by atoms with Gasteiger partial charge in [0.1, 0.15) is 17.9 Å². The average molecular weight is 380 g/mol. The molecule has 0 saturated carbocycles. The quantitative estimate of drug-likeness (QED) is 0.613. The second-order valence-electron chi connectivity index (χ2n) is 4.89. The predicted octanol–water partition coefficient (Wildman–Crippen LogP) is 2.15. The minimum atomic E-state index is -4.54. The number of ether oxygens (including phenoxy) is 1. The zero-order valence-electron chi connectivity index (χ0n) is 12.5. The van der Waals surface area contributed by atoms with Gasteiger partial charge in [0.2, 0.25) is 5.91 Å². The van der Waals surface area contributed by atoms with Crippen molar-refractivity contribution in [1.82, 2.24) is 9.71 Å². The summed E-state index contributed by atoms with van der Waals surface area (Å²) >= 11 is 0. The Labute approximate surface area is 139 Å². The summed E-state index contributed by atoms with van der Waals surface area (Å²) in [5.41, 5.74) is -0.189. The van der Waals surface area contributed by atoms with E-state index in [0.29, 0.717) is 0 Å². The van der Waals surface area contributed by atoms with Crippen LogP contribution in [0, 0.1) is 5.82 Å². The lowest BCUT2D eigenvalue weighted by Gasteiger charge is -2.10. The molecule has 0 spiro atoms. The number of carbonyl (C=O) groups excluding carboxylic acids is 1. The van der Waals surface area contributed by atoms with E-state index >= 15 is 0 Å². The van der Waals surface area contributed by atoms with Crippen LogP contribution in [0.3, 0.4) is 0 Å². The number of amides is 1. The van der Waals surface area contributed by atoms with Crippen molar-refractivity contribution in [3.8, 4) is 0 Å². The maximum atomic E-state index is 13.7. The Bertz CT molecular complexity index is 884. The lowest BCUT2D eigenvalue weighted by molar-refractivity contribution is -0.174. The summed E-state index contributed by atoms with van der Waals surface area (Å²) in [4.78, 5) is 15.0. The van der Waals surface area contributed by atoms with Crippen LogP contribution < -0.4 is 4.72 Å². The van der Waals surface area contributed by atoms with Crippen molar-refractivity contribution in [2.24, 2.45) is 0 Å². The molecule has 0 radical (unpaired) electrons. The third-order valence-electron chi connectivity index (χ3n) is 2.96. The Morgan fingerprint density at radius 3 is 2.64 bits per heavy atom. The predicted molar refractivity (Wildman–Crippen MR) is 78.5 cm³/mol. The fourth-order valence-corrected chi connectivity index (χ4v) is 3.17. The SMILES string of the molecule is O=C(CCOCC(F)(F)F)NS(=O)(=O)c1ccc(F)c2ncccc12. The third kappa shape index (κ3) is 5.10. The molecule has 0 unspecified atom stereocenters. The Hall–Kier alpha value is -2.27. The van der Waals surface area contributed by atoms with E-state index in [-0.39, 0.29) is 15.8 Å². The van der Waals surface area contributed by atoms with Gasteiger partial charge in [-0.2, -0.15) is 13.2 Å². The number of fused-ring (bicyclic) bond motifs is 1. The van der Waals surface area contributed by atoms with Crippen molar-refractivity contribution in [2.45, 2.75) is 17.5 Å². The lowest BCUT2D eigenvalue weighted by Crippen LogP contribution is -2.31. The van der Waals surface area contributed by atoms with Gasteiger partial charge in [0, 0.05) is 11.6 Å². The van der Waals surface area contributed by atoms with E-state index in [2.05, 4.69) is 9.72 Å². The third-order valence-corrected chi connectivity index (χ3v) is 4.39. The molecule has 2 aromatic rings. The van der Waals surface area contributed by atoms with E-state index in [9.17, 15) is 30.8 Å². The number of alkyl halides is 3. The number of carbonyl (C=O) groups is 1. The van der Waals surface area contributed by atoms with Crippen LogP contribution in [0.5, 0.6) is 0 Å². The summed E-state index contributed by atoms with van der Waals surface area (Å²) in [5.74, 6) is -1.79. The number of hydrogen-bond acceptors (Lipinski definition) is 5. The lowest BCUT2D eigenvalue weighted by atomic mass is 10.2. The first-order valence-corrected chi connectivity index (χ1v) is 8.32. The van der Waals surface area contributed by atoms with Gasteiger partial charge < -0.3 is 4.74 Å². The van der Waals surface area contributed by atoms with Crippen molar-refractivity contribution >= 4 is 26.8 Å². The molecule has 6 nitrogen and oxygen atoms in total. The number of benzene rings is 1. The molecule has 1 N–H and O–H groups in total. The zero-order chi connectivity index (χ0) is 18.7. The van der Waals surface area contributed by atoms with Gasteiger partial charge in [-0.1, -0.05) is 0 Å². The van der Waals surface area contributed by atoms with E-state index in [0.717, 1.165) is 12.1 Å². The zero-order valence-corrected chi connectivity index (χ0v) is 13.3. The Morgan fingerprint density at radius 2 is 1.96 bits per heavy atom. The molecular formula is C14H12F4N2O4S. The highest BCUT2D eigenvalue weighted by molar-refractivity contribution is 7.90. The summed E-state index contributed by atoms with van der Waals surface area (Å²) in [6.07, 6.45) is -3.85. The number of nitrogens with one attached hydrogen (secondary N) is 1. The maximum absolute atomic E-state index is 13.7. The smallest absolute Gasteiger partial charge is 0.372 e. The van der Waals surface area contributed by atoms with Crippen molar-refractivity contribution < 1.29 is 35.5 Å². The van der Waals surface area contributed by atoms with Gasteiger partial charge >= 0.3 is 6.18 Å². The molecule has 0 aliphatic rings. The van der Waals surface area contributed by atoms with Crippen molar-refractivity contribution in [3.63, 3.8) is 0 Å². The molecule has 25 heavy (non-hydrogen) atoms. The Balaban J connectivity index is 2.10. The molecule has 0 saturated heterocycles. The standard InChI is InChI=1S/C14H12F4N2O4S/c15-10-3-4-11(9-2-1-6-19-13(9)10)25(22,23)20-12(21)5-7-24-8-14(16,17)18/h1-4,6H,5,7-8H2,(H,20,21). The van der Waals surface area contributed by atoms with Gasteiger partial charge in [-0.25, -0.2) is 17.5 Å². The summed E-state index contributed by atoms with van der Waals surface area (Å²) < 4.78 is 79.8. The molecule has 136 valence electrons. The van der Waals surface area contributed by atoms with E-state index in [1.807, 2.05) is 0 Å². The van der Waals surface area contributed by atoms with E-state index in [4.69, 9.17) is 0 Å². The molecule has 0 aliphatic heterocycles. The second-order valence-corrected chi connectivity index (χ2v) is 6.54. The molecule has 11 heteroatoms. The molecule has 1 aromatic heterocycles. The van der Waals surface area contributed by atoms with Crippen molar-refractivity contribution in [3.05, 3.63) is 36.3 Å². The first-order valence-electron chi connectivity index (χ1n) is 6.83. The number of nitrogens with zero attached hydrogens (tertiary/aromatic N) is 1. The number of sulfonamides is 1. The molecule has 1 amide bonds. The molecule has 0 aliphatic carbocycles. The van der Waals surface area contributed by atoms with Crippen molar-refractivity contribution in [1.29, 1.82) is 0 Å². The molecule has 2 rings (SSSR count). The van der Waals surface area contributed by atoms with Crippen LogP contribution in [0.15, 0.2) is 35.4 Å². The normalized spacial score (nSPS) is 12.3. The Kier molecular flexibility index (Phi) is 5.58. The van der Waals surface area contributed by atoms with Crippen LogP contribution in [-0.2, 0) is 19.6 Å². The van der Waals surface area contributed by atoms with Crippen LogP contribution in [0.25, 0.3) is 10.9 Å². The number of rotatable bonds is 6. The number of halogens is 4. The highest BCUT2D eigenvalue weighted by atomic mass is 32.2. The highest BCUT2D eigenvalue weighted by Crippen LogP contribution is 2.23. The van der Waals surface area contributed by atoms with Gasteiger partial charge in [0.05, 0.1) is 17.9 Å². The van der Waals surface area contributed by atoms with E-state index in [1.54, 1.807) is 4.72 Å².